The lowest BCUT2D eigenvalue weighted by molar-refractivity contribution is -0.138. The van der Waals surface area contributed by atoms with Gasteiger partial charge in [-0.1, -0.05) is 0 Å². The molecule has 2 bridgehead atoms. The van der Waals surface area contributed by atoms with Crippen molar-refractivity contribution >= 4 is 0 Å². The molecule has 2 N–H and O–H groups in total. The summed E-state index contributed by atoms with van der Waals surface area (Å²) in [6.07, 6.45) is 6.10. The van der Waals surface area contributed by atoms with Crippen molar-refractivity contribution in [2.24, 2.45) is 5.73 Å². The van der Waals surface area contributed by atoms with Gasteiger partial charge in [-0.2, -0.15) is 0 Å². The smallest absolute Gasteiger partial charge is 0.0707 e. The number of hydrogen-bond donors (Lipinski definition) is 1. The van der Waals surface area contributed by atoms with E-state index in [-0.39, 0.29) is 5.54 Å². The molecule has 104 valence electrons. The van der Waals surface area contributed by atoms with Gasteiger partial charge < -0.3 is 15.2 Å². The van der Waals surface area contributed by atoms with E-state index in [1.807, 2.05) is 0 Å². The van der Waals surface area contributed by atoms with Crippen LogP contribution in [0, 0.1) is 0 Å². The van der Waals surface area contributed by atoms with E-state index in [0.717, 1.165) is 32.5 Å². The summed E-state index contributed by atoms with van der Waals surface area (Å²) < 4.78 is 11.8. The highest BCUT2D eigenvalue weighted by Crippen LogP contribution is 2.38. The molecule has 0 aromatic carbocycles. The number of fused-ring (bicyclic) bond motifs is 2. The molecule has 4 unspecified atom stereocenters. The van der Waals surface area contributed by atoms with E-state index in [9.17, 15) is 0 Å². The van der Waals surface area contributed by atoms with Crippen molar-refractivity contribution in [3.05, 3.63) is 0 Å². The predicted octanol–water partition coefficient (Wildman–Crippen LogP) is 1.13. The molecule has 18 heavy (non-hydrogen) atoms. The van der Waals surface area contributed by atoms with Crippen LogP contribution in [0.3, 0.4) is 0 Å². The summed E-state index contributed by atoms with van der Waals surface area (Å²) in [5.74, 6) is 0. The van der Waals surface area contributed by atoms with E-state index in [1.165, 1.54) is 12.8 Å². The summed E-state index contributed by atoms with van der Waals surface area (Å²) in [6, 6.07) is 0. The molecule has 0 aromatic heterocycles. The molecular weight excluding hydrogens is 228 g/mol. The van der Waals surface area contributed by atoms with Crippen molar-refractivity contribution in [3.63, 3.8) is 0 Å². The van der Waals surface area contributed by atoms with Crippen LogP contribution in [0.1, 0.15) is 39.5 Å². The molecule has 3 aliphatic heterocycles. The van der Waals surface area contributed by atoms with Gasteiger partial charge in [-0.25, -0.2) is 0 Å². The first-order valence-electron chi connectivity index (χ1n) is 7.37. The molecule has 4 atom stereocenters. The lowest BCUT2D eigenvalue weighted by atomic mass is 9.82. The van der Waals surface area contributed by atoms with Crippen LogP contribution >= 0.6 is 0 Å². The van der Waals surface area contributed by atoms with Crippen LogP contribution in [0.15, 0.2) is 0 Å². The van der Waals surface area contributed by atoms with E-state index < -0.39 is 0 Å². The Bertz CT molecular complexity index is 288. The van der Waals surface area contributed by atoms with Crippen LogP contribution in [-0.4, -0.2) is 54.5 Å². The maximum atomic E-state index is 6.17. The number of nitrogens with zero attached hydrogens (tertiary/aromatic N) is 1. The van der Waals surface area contributed by atoms with Crippen LogP contribution in [0.4, 0.5) is 0 Å². The zero-order valence-electron chi connectivity index (χ0n) is 11.6. The highest BCUT2D eigenvalue weighted by molar-refractivity contribution is 5.01. The van der Waals surface area contributed by atoms with E-state index in [2.05, 4.69) is 18.7 Å². The van der Waals surface area contributed by atoms with Gasteiger partial charge in [-0.3, -0.25) is 4.90 Å². The van der Waals surface area contributed by atoms with Crippen LogP contribution in [0.2, 0.25) is 0 Å². The Balaban J connectivity index is 1.78. The number of nitrogens with two attached hydrogens (primary N) is 1. The Morgan fingerprint density at radius 2 is 1.61 bits per heavy atom. The highest BCUT2D eigenvalue weighted by atomic mass is 16.5. The summed E-state index contributed by atoms with van der Waals surface area (Å²) in [5, 5.41) is 0. The van der Waals surface area contributed by atoms with Crippen molar-refractivity contribution < 1.29 is 9.47 Å². The largest absolute Gasteiger partial charge is 0.375 e. The molecule has 3 fully saturated rings. The molecule has 3 saturated heterocycles. The fourth-order valence-electron chi connectivity index (χ4n) is 4.20. The number of hydrogen-bond acceptors (Lipinski definition) is 4. The first kappa shape index (κ1) is 12.9. The zero-order valence-corrected chi connectivity index (χ0v) is 11.6. The quantitative estimate of drug-likeness (QED) is 0.802. The molecule has 0 aliphatic carbocycles. The second kappa shape index (κ2) is 4.75. The minimum atomic E-state index is 0.141. The highest BCUT2D eigenvalue weighted by Gasteiger charge is 2.46. The van der Waals surface area contributed by atoms with Gasteiger partial charge in [-0.15, -0.1) is 0 Å². The SMILES string of the molecule is CC1CC(CN)(N2CC3CCC(C2)O3)CC(C)O1. The minimum absolute atomic E-state index is 0.141. The van der Waals surface area contributed by atoms with Crippen LogP contribution in [0.25, 0.3) is 0 Å². The Morgan fingerprint density at radius 3 is 2.11 bits per heavy atom. The summed E-state index contributed by atoms with van der Waals surface area (Å²) in [7, 11) is 0. The lowest BCUT2D eigenvalue weighted by Gasteiger charge is -2.51. The predicted molar refractivity (Wildman–Crippen MR) is 70.5 cm³/mol. The molecule has 4 nitrogen and oxygen atoms in total. The molecular formula is C14H26N2O2. The third-order valence-corrected chi connectivity index (χ3v) is 4.89. The van der Waals surface area contributed by atoms with Gasteiger partial charge in [0.2, 0.25) is 0 Å². The molecule has 3 aliphatic rings. The van der Waals surface area contributed by atoms with Gasteiger partial charge in [0, 0.05) is 25.2 Å². The van der Waals surface area contributed by atoms with Crippen molar-refractivity contribution in [1.29, 1.82) is 0 Å². The Labute approximate surface area is 110 Å². The van der Waals surface area contributed by atoms with Crippen molar-refractivity contribution in [2.45, 2.75) is 69.5 Å². The van der Waals surface area contributed by atoms with Crippen LogP contribution in [0.5, 0.6) is 0 Å². The maximum absolute atomic E-state index is 6.17. The van der Waals surface area contributed by atoms with Gasteiger partial charge in [0.25, 0.3) is 0 Å². The third-order valence-electron chi connectivity index (χ3n) is 4.89. The van der Waals surface area contributed by atoms with Gasteiger partial charge in [0.05, 0.1) is 24.4 Å². The summed E-state index contributed by atoms with van der Waals surface area (Å²) >= 11 is 0. The zero-order chi connectivity index (χ0) is 12.8. The molecule has 3 rings (SSSR count). The van der Waals surface area contributed by atoms with Crippen molar-refractivity contribution in [3.8, 4) is 0 Å². The second-order valence-corrected chi connectivity index (χ2v) is 6.46. The topological polar surface area (TPSA) is 47.7 Å². The lowest BCUT2D eigenvalue weighted by Crippen LogP contribution is -2.63. The Kier molecular flexibility index (Phi) is 3.39. The Morgan fingerprint density at radius 1 is 1.06 bits per heavy atom. The molecule has 0 spiro atoms. The number of morpholine rings is 1. The monoisotopic (exact) mass is 254 g/mol. The first-order chi connectivity index (χ1) is 8.61. The van der Waals surface area contributed by atoms with Crippen LogP contribution < -0.4 is 5.73 Å². The molecule has 3 heterocycles. The molecule has 0 amide bonds. The molecule has 4 heteroatoms. The first-order valence-corrected chi connectivity index (χ1v) is 7.37. The average Bonchev–Trinajstić information content (AvgIpc) is 2.66. The second-order valence-electron chi connectivity index (χ2n) is 6.46. The minimum Gasteiger partial charge on any atom is -0.375 e. The third kappa shape index (κ3) is 2.20. The Hall–Kier alpha value is -0.160. The fraction of sp³-hybridized carbons (Fsp3) is 1.00. The summed E-state index contributed by atoms with van der Waals surface area (Å²) in [4.78, 5) is 2.62. The van der Waals surface area contributed by atoms with Gasteiger partial charge in [-0.05, 0) is 39.5 Å². The fourth-order valence-corrected chi connectivity index (χ4v) is 4.20. The van der Waals surface area contributed by atoms with E-state index >= 15 is 0 Å². The average molecular weight is 254 g/mol. The summed E-state index contributed by atoms with van der Waals surface area (Å²) in [5.41, 5.74) is 6.31. The normalized spacial score (nSPS) is 49.5. The van der Waals surface area contributed by atoms with Gasteiger partial charge in [0.15, 0.2) is 0 Å². The molecule has 0 saturated carbocycles. The van der Waals surface area contributed by atoms with Gasteiger partial charge in [0.1, 0.15) is 0 Å². The van der Waals surface area contributed by atoms with Crippen LogP contribution in [-0.2, 0) is 9.47 Å². The van der Waals surface area contributed by atoms with E-state index in [1.54, 1.807) is 0 Å². The van der Waals surface area contributed by atoms with Crippen molar-refractivity contribution in [1.82, 2.24) is 4.90 Å². The number of rotatable bonds is 2. The van der Waals surface area contributed by atoms with E-state index in [4.69, 9.17) is 15.2 Å². The summed E-state index contributed by atoms with van der Waals surface area (Å²) in [6.45, 7) is 7.22. The standard InChI is InChI=1S/C14H26N2O2/c1-10-5-14(9-15,6-11(2)17-10)16-7-12-3-4-13(8-16)18-12/h10-13H,3-9,15H2,1-2H3. The number of ether oxygens (including phenoxy) is 2. The van der Waals surface area contributed by atoms with E-state index in [0.29, 0.717) is 24.4 Å². The van der Waals surface area contributed by atoms with Crippen molar-refractivity contribution in [2.75, 3.05) is 19.6 Å². The molecule has 0 radical (unpaired) electrons. The maximum Gasteiger partial charge on any atom is 0.0707 e. The number of likely N-dealkylation sites (tertiary alicyclic amines) is 1. The van der Waals surface area contributed by atoms with Gasteiger partial charge >= 0.3 is 0 Å². The molecule has 0 aromatic rings.